The van der Waals surface area contributed by atoms with Gasteiger partial charge < -0.3 is 18.9 Å². The normalized spacial score (nSPS) is 12.5. The lowest BCUT2D eigenvalue weighted by atomic mass is 10.0. The zero-order valence-electron chi connectivity index (χ0n) is 17.5. The molecule has 0 aliphatic carbocycles. The van der Waals surface area contributed by atoms with Gasteiger partial charge in [0.05, 0.1) is 29.8 Å². The van der Waals surface area contributed by atoms with Crippen LogP contribution in [0.25, 0.3) is 10.9 Å². The van der Waals surface area contributed by atoms with Gasteiger partial charge in [-0.3, -0.25) is 4.79 Å². The number of benzene rings is 2. The first-order chi connectivity index (χ1) is 15.1. The van der Waals surface area contributed by atoms with Crippen molar-refractivity contribution in [3.63, 3.8) is 0 Å². The second-order valence-electron chi connectivity index (χ2n) is 7.11. The van der Waals surface area contributed by atoms with E-state index < -0.39 is 11.9 Å². The molecule has 0 unspecified atom stereocenters. The molecule has 1 aromatic heterocycles. The SMILES string of the molecule is CCOC(=O)c1c(COC(=O)Cc2ccc3c(c2)OCCO3)nc2ccccc2c1C. The molecule has 0 N–H and O–H groups in total. The zero-order chi connectivity index (χ0) is 21.8. The van der Waals surface area contributed by atoms with Crippen molar-refractivity contribution >= 4 is 22.8 Å². The maximum atomic E-state index is 12.6. The average Bonchev–Trinajstić information content (AvgIpc) is 2.78. The van der Waals surface area contributed by atoms with E-state index in [0.29, 0.717) is 36.0 Å². The number of fused-ring (bicyclic) bond motifs is 2. The Kier molecular flexibility index (Phi) is 6.02. The Balaban J connectivity index is 1.53. The number of hydrogen-bond donors (Lipinski definition) is 0. The van der Waals surface area contributed by atoms with Crippen LogP contribution in [-0.2, 0) is 27.3 Å². The fourth-order valence-corrected chi connectivity index (χ4v) is 3.58. The van der Waals surface area contributed by atoms with Crippen molar-refractivity contribution in [1.82, 2.24) is 4.98 Å². The molecule has 0 spiro atoms. The molecule has 1 aliphatic heterocycles. The Morgan fingerprint density at radius 3 is 2.61 bits per heavy atom. The van der Waals surface area contributed by atoms with E-state index in [1.807, 2.05) is 31.2 Å². The number of esters is 2. The summed E-state index contributed by atoms with van der Waals surface area (Å²) >= 11 is 0. The van der Waals surface area contributed by atoms with Gasteiger partial charge in [0.15, 0.2) is 11.5 Å². The highest BCUT2D eigenvalue weighted by atomic mass is 16.6. The summed E-state index contributed by atoms with van der Waals surface area (Å²) in [5, 5.41) is 0.858. The lowest BCUT2D eigenvalue weighted by molar-refractivity contribution is -0.144. The van der Waals surface area contributed by atoms with E-state index in [1.165, 1.54) is 0 Å². The summed E-state index contributed by atoms with van der Waals surface area (Å²) in [6.07, 6.45) is 0.0674. The van der Waals surface area contributed by atoms with Gasteiger partial charge in [-0.05, 0) is 43.2 Å². The average molecular weight is 421 g/mol. The summed E-state index contributed by atoms with van der Waals surface area (Å²) in [5.41, 5.74) is 2.95. The van der Waals surface area contributed by atoms with Gasteiger partial charge in [-0.15, -0.1) is 0 Å². The Hall–Kier alpha value is -3.61. The third kappa shape index (κ3) is 4.45. The minimum Gasteiger partial charge on any atom is -0.486 e. The molecule has 3 aromatic rings. The van der Waals surface area contributed by atoms with E-state index in [-0.39, 0.29) is 19.6 Å². The van der Waals surface area contributed by atoms with E-state index >= 15 is 0 Å². The predicted molar refractivity (Wildman–Crippen MR) is 113 cm³/mol. The Bertz CT molecular complexity index is 1140. The number of nitrogens with zero attached hydrogens (tertiary/aromatic N) is 1. The monoisotopic (exact) mass is 421 g/mol. The molecule has 31 heavy (non-hydrogen) atoms. The summed E-state index contributed by atoms with van der Waals surface area (Å²) in [4.78, 5) is 29.6. The summed E-state index contributed by atoms with van der Waals surface area (Å²) in [6, 6.07) is 12.9. The van der Waals surface area contributed by atoms with Crippen LogP contribution >= 0.6 is 0 Å². The molecule has 4 rings (SSSR count). The molecule has 0 amide bonds. The van der Waals surface area contributed by atoms with E-state index in [9.17, 15) is 9.59 Å². The van der Waals surface area contributed by atoms with Crippen molar-refractivity contribution in [3.8, 4) is 11.5 Å². The number of carbonyl (C=O) groups is 2. The number of ether oxygens (including phenoxy) is 4. The molecule has 1 aliphatic rings. The number of aryl methyl sites for hydroxylation is 1. The first-order valence-electron chi connectivity index (χ1n) is 10.2. The molecule has 7 nitrogen and oxygen atoms in total. The van der Waals surface area contributed by atoms with Crippen LogP contribution in [0.1, 0.15) is 34.1 Å². The number of hydrogen-bond acceptors (Lipinski definition) is 7. The quantitative estimate of drug-likeness (QED) is 0.560. The van der Waals surface area contributed by atoms with Crippen LogP contribution in [0.4, 0.5) is 0 Å². The summed E-state index contributed by atoms with van der Waals surface area (Å²) < 4.78 is 21.7. The molecule has 2 aromatic carbocycles. The Morgan fingerprint density at radius 1 is 1.03 bits per heavy atom. The second-order valence-corrected chi connectivity index (χ2v) is 7.11. The molecule has 0 saturated heterocycles. The highest BCUT2D eigenvalue weighted by Crippen LogP contribution is 2.31. The fourth-order valence-electron chi connectivity index (χ4n) is 3.58. The van der Waals surface area contributed by atoms with Crippen molar-refractivity contribution < 1.29 is 28.5 Å². The van der Waals surface area contributed by atoms with E-state index in [2.05, 4.69) is 4.98 Å². The lowest BCUT2D eigenvalue weighted by Gasteiger charge is -2.18. The van der Waals surface area contributed by atoms with Crippen molar-refractivity contribution in [1.29, 1.82) is 0 Å². The van der Waals surface area contributed by atoms with Crippen molar-refractivity contribution in [3.05, 3.63) is 64.8 Å². The van der Waals surface area contributed by atoms with Crippen LogP contribution in [0, 0.1) is 6.92 Å². The third-order valence-corrected chi connectivity index (χ3v) is 5.03. The van der Waals surface area contributed by atoms with Crippen LogP contribution in [0.15, 0.2) is 42.5 Å². The molecule has 160 valence electrons. The highest BCUT2D eigenvalue weighted by Gasteiger charge is 2.21. The first kappa shape index (κ1) is 20.7. The van der Waals surface area contributed by atoms with Crippen molar-refractivity contribution in [2.24, 2.45) is 0 Å². The van der Waals surface area contributed by atoms with Gasteiger partial charge in [-0.25, -0.2) is 9.78 Å². The minimum absolute atomic E-state index is 0.0674. The van der Waals surface area contributed by atoms with Crippen LogP contribution in [0.5, 0.6) is 11.5 Å². The van der Waals surface area contributed by atoms with Crippen LogP contribution in [0.2, 0.25) is 0 Å². The maximum Gasteiger partial charge on any atom is 0.340 e. The molecule has 0 radical (unpaired) electrons. The van der Waals surface area contributed by atoms with Gasteiger partial charge in [0.1, 0.15) is 19.8 Å². The molecule has 0 fully saturated rings. The van der Waals surface area contributed by atoms with Crippen LogP contribution in [0.3, 0.4) is 0 Å². The van der Waals surface area contributed by atoms with Gasteiger partial charge in [-0.2, -0.15) is 0 Å². The van der Waals surface area contributed by atoms with Gasteiger partial charge in [-0.1, -0.05) is 24.3 Å². The third-order valence-electron chi connectivity index (χ3n) is 5.03. The summed E-state index contributed by atoms with van der Waals surface area (Å²) in [5.74, 6) is 0.376. The molecule has 0 saturated carbocycles. The Labute approximate surface area is 179 Å². The lowest BCUT2D eigenvalue weighted by Crippen LogP contribution is -2.17. The van der Waals surface area contributed by atoms with Crippen LogP contribution < -0.4 is 9.47 Å². The molecule has 0 bridgehead atoms. The minimum atomic E-state index is -0.476. The number of rotatable bonds is 6. The predicted octanol–water partition coefficient (Wildman–Crippen LogP) is 3.78. The zero-order valence-corrected chi connectivity index (χ0v) is 17.5. The first-order valence-corrected chi connectivity index (χ1v) is 10.2. The van der Waals surface area contributed by atoms with Crippen molar-refractivity contribution in [2.75, 3.05) is 19.8 Å². The molecule has 7 heteroatoms. The van der Waals surface area contributed by atoms with E-state index in [4.69, 9.17) is 18.9 Å². The van der Waals surface area contributed by atoms with Gasteiger partial charge in [0.2, 0.25) is 0 Å². The topological polar surface area (TPSA) is 84.0 Å². The number of carbonyl (C=O) groups excluding carboxylic acids is 2. The largest absolute Gasteiger partial charge is 0.486 e. The molecular weight excluding hydrogens is 398 g/mol. The molecular formula is C24H23NO6. The maximum absolute atomic E-state index is 12.6. The van der Waals surface area contributed by atoms with Crippen LogP contribution in [-0.4, -0.2) is 36.7 Å². The summed E-state index contributed by atoms with van der Waals surface area (Å²) in [6.45, 7) is 4.70. The number of pyridine rings is 1. The second kappa shape index (κ2) is 9.04. The standard InChI is InChI=1S/C24H23NO6/c1-3-28-24(27)23-15(2)17-6-4-5-7-18(17)25-19(23)14-31-22(26)13-16-8-9-20-21(12-16)30-11-10-29-20/h4-9,12H,3,10-11,13-14H2,1-2H3. The molecule has 0 atom stereocenters. The Morgan fingerprint density at radius 2 is 1.81 bits per heavy atom. The van der Waals surface area contributed by atoms with Gasteiger partial charge in [0.25, 0.3) is 0 Å². The van der Waals surface area contributed by atoms with Gasteiger partial charge in [0, 0.05) is 5.39 Å². The number of aromatic nitrogens is 1. The van der Waals surface area contributed by atoms with Crippen molar-refractivity contribution in [2.45, 2.75) is 26.9 Å². The highest BCUT2D eigenvalue weighted by molar-refractivity contribution is 5.98. The van der Waals surface area contributed by atoms with E-state index in [1.54, 1.807) is 25.1 Å². The fraction of sp³-hybridized carbons (Fsp3) is 0.292. The summed E-state index contributed by atoms with van der Waals surface area (Å²) in [7, 11) is 0. The van der Waals surface area contributed by atoms with E-state index in [0.717, 1.165) is 22.0 Å². The number of para-hydroxylation sites is 1. The van der Waals surface area contributed by atoms with Gasteiger partial charge >= 0.3 is 11.9 Å². The molecule has 2 heterocycles. The smallest absolute Gasteiger partial charge is 0.340 e.